The second-order valence-corrected chi connectivity index (χ2v) is 6.95. The summed E-state index contributed by atoms with van der Waals surface area (Å²) in [4.78, 5) is 28.6. The molecule has 1 fully saturated rings. The number of H-pyrrole nitrogens is 1. The highest BCUT2D eigenvalue weighted by Gasteiger charge is 2.30. The molecule has 1 aliphatic rings. The number of fused-ring (bicyclic) bond motifs is 2. The predicted molar refractivity (Wildman–Crippen MR) is 102 cm³/mol. The normalized spacial score (nSPS) is 14.0. The smallest absolute Gasteiger partial charge is 0.228 e. The quantitative estimate of drug-likeness (QED) is 0.546. The van der Waals surface area contributed by atoms with Crippen LogP contribution in [0.1, 0.15) is 30.1 Å². The summed E-state index contributed by atoms with van der Waals surface area (Å²) in [6, 6.07) is 7.50. The fraction of sp³-hybridized carbons (Fsp3) is 0.200. The molecule has 7 heteroatoms. The number of nitrogens with zero attached hydrogens (tertiary/aromatic N) is 3. The van der Waals surface area contributed by atoms with Gasteiger partial charge in [-0.25, -0.2) is 4.98 Å². The number of anilines is 1. The zero-order valence-corrected chi connectivity index (χ0v) is 14.7. The van der Waals surface area contributed by atoms with Gasteiger partial charge in [0.15, 0.2) is 11.6 Å². The number of aromatic amines is 1. The topological polar surface area (TPSA) is 92.2 Å². The molecule has 0 bridgehead atoms. The minimum absolute atomic E-state index is 0.00351. The maximum Gasteiger partial charge on any atom is 0.228 e. The molecular formula is C20H17N5O2. The second-order valence-electron chi connectivity index (χ2n) is 6.95. The van der Waals surface area contributed by atoms with Gasteiger partial charge in [-0.2, -0.15) is 5.10 Å². The van der Waals surface area contributed by atoms with Crippen molar-refractivity contribution in [2.24, 2.45) is 5.92 Å². The third kappa shape index (κ3) is 2.68. The van der Waals surface area contributed by atoms with Crippen LogP contribution >= 0.6 is 0 Å². The second kappa shape index (κ2) is 5.77. The molecule has 1 aromatic carbocycles. The predicted octanol–water partition coefficient (Wildman–Crippen LogP) is 3.43. The highest BCUT2D eigenvalue weighted by Crippen LogP contribution is 2.33. The van der Waals surface area contributed by atoms with Gasteiger partial charge in [0, 0.05) is 28.6 Å². The van der Waals surface area contributed by atoms with Crippen LogP contribution in [0, 0.1) is 5.92 Å². The van der Waals surface area contributed by atoms with Gasteiger partial charge in [-0.3, -0.25) is 14.7 Å². The number of aromatic nitrogens is 4. The number of nitrogens with one attached hydrogen (secondary N) is 2. The Morgan fingerprint density at radius 3 is 2.81 bits per heavy atom. The fourth-order valence-electron chi connectivity index (χ4n) is 3.40. The molecule has 1 saturated carbocycles. The van der Waals surface area contributed by atoms with E-state index >= 15 is 0 Å². The van der Waals surface area contributed by atoms with E-state index in [0.717, 1.165) is 40.5 Å². The van der Waals surface area contributed by atoms with Crippen LogP contribution in [0.5, 0.6) is 0 Å². The van der Waals surface area contributed by atoms with Gasteiger partial charge in [-0.05, 0) is 49.6 Å². The standard InChI is InChI=1S/C20H17N5O2/c1-11(26)14-5-6-16-15(8-21-24-16)19(14)13-4-7-18-22-17(10-25(18)9-13)23-20(27)12-2-3-12/h4-10,12H,2-3H2,1H3,(H,21,24)(H,23,27). The van der Waals surface area contributed by atoms with E-state index in [1.54, 1.807) is 19.3 Å². The van der Waals surface area contributed by atoms with E-state index in [1.165, 1.54) is 0 Å². The van der Waals surface area contributed by atoms with Crippen LogP contribution in [0.3, 0.4) is 0 Å². The Kier molecular flexibility index (Phi) is 3.36. The summed E-state index contributed by atoms with van der Waals surface area (Å²) in [5.41, 5.74) is 3.97. The lowest BCUT2D eigenvalue weighted by atomic mass is 9.95. The third-order valence-electron chi connectivity index (χ3n) is 4.94. The summed E-state index contributed by atoms with van der Waals surface area (Å²) in [5.74, 6) is 0.691. The molecule has 1 amide bonds. The molecule has 2 N–H and O–H groups in total. The van der Waals surface area contributed by atoms with Crippen LogP contribution in [0.2, 0.25) is 0 Å². The van der Waals surface area contributed by atoms with Gasteiger partial charge in [0.1, 0.15) is 5.65 Å². The van der Waals surface area contributed by atoms with E-state index in [1.807, 2.05) is 34.9 Å². The zero-order chi connectivity index (χ0) is 18.5. The van der Waals surface area contributed by atoms with Crippen molar-refractivity contribution >= 4 is 34.1 Å². The van der Waals surface area contributed by atoms with Crippen molar-refractivity contribution in [3.63, 3.8) is 0 Å². The lowest BCUT2D eigenvalue weighted by Crippen LogP contribution is -2.13. The molecule has 27 heavy (non-hydrogen) atoms. The number of pyridine rings is 1. The van der Waals surface area contributed by atoms with E-state index in [9.17, 15) is 9.59 Å². The molecule has 0 saturated heterocycles. The monoisotopic (exact) mass is 359 g/mol. The Labute approximate surface area is 154 Å². The van der Waals surface area contributed by atoms with Crippen molar-refractivity contribution < 1.29 is 9.59 Å². The maximum atomic E-state index is 12.2. The molecule has 4 aromatic rings. The molecule has 0 aliphatic heterocycles. The van der Waals surface area contributed by atoms with Gasteiger partial charge in [-0.1, -0.05) is 0 Å². The zero-order valence-electron chi connectivity index (χ0n) is 14.7. The first-order valence-corrected chi connectivity index (χ1v) is 8.87. The van der Waals surface area contributed by atoms with Crippen molar-refractivity contribution in [1.29, 1.82) is 0 Å². The van der Waals surface area contributed by atoms with E-state index in [0.29, 0.717) is 11.4 Å². The van der Waals surface area contributed by atoms with Crippen LogP contribution < -0.4 is 5.32 Å². The number of benzene rings is 1. The highest BCUT2D eigenvalue weighted by atomic mass is 16.2. The van der Waals surface area contributed by atoms with Gasteiger partial charge in [-0.15, -0.1) is 0 Å². The summed E-state index contributed by atoms with van der Waals surface area (Å²) in [6.07, 6.45) is 7.35. The van der Waals surface area contributed by atoms with Crippen molar-refractivity contribution in [1.82, 2.24) is 19.6 Å². The first-order valence-electron chi connectivity index (χ1n) is 8.87. The summed E-state index contributed by atoms with van der Waals surface area (Å²) >= 11 is 0. The fourth-order valence-corrected chi connectivity index (χ4v) is 3.40. The summed E-state index contributed by atoms with van der Waals surface area (Å²) in [6.45, 7) is 1.56. The molecule has 134 valence electrons. The third-order valence-corrected chi connectivity index (χ3v) is 4.94. The SMILES string of the molecule is CC(=O)c1ccc2[nH]ncc2c1-c1ccc2nc(NC(=O)C3CC3)cn2c1. The first kappa shape index (κ1) is 15.7. The number of rotatable bonds is 4. The van der Waals surface area contributed by atoms with E-state index in [-0.39, 0.29) is 17.6 Å². The number of ketones is 1. The van der Waals surface area contributed by atoms with E-state index in [4.69, 9.17) is 0 Å². The average molecular weight is 359 g/mol. The Hall–Kier alpha value is -3.48. The molecule has 3 heterocycles. The molecular weight excluding hydrogens is 342 g/mol. The molecule has 0 spiro atoms. The maximum absolute atomic E-state index is 12.2. The summed E-state index contributed by atoms with van der Waals surface area (Å²) < 4.78 is 1.86. The largest absolute Gasteiger partial charge is 0.309 e. The van der Waals surface area contributed by atoms with Gasteiger partial charge >= 0.3 is 0 Å². The van der Waals surface area contributed by atoms with Crippen LogP contribution in [0.15, 0.2) is 42.9 Å². The summed E-state index contributed by atoms with van der Waals surface area (Å²) in [7, 11) is 0. The molecule has 3 aromatic heterocycles. The van der Waals surface area contributed by atoms with Gasteiger partial charge in [0.2, 0.25) is 5.91 Å². The van der Waals surface area contributed by atoms with E-state index < -0.39 is 0 Å². The molecule has 0 unspecified atom stereocenters. The molecule has 0 radical (unpaired) electrons. The minimum Gasteiger partial charge on any atom is -0.309 e. The first-order chi connectivity index (χ1) is 13.1. The van der Waals surface area contributed by atoms with Gasteiger partial charge in [0.25, 0.3) is 0 Å². The lowest BCUT2D eigenvalue weighted by Gasteiger charge is -2.09. The number of carbonyl (C=O) groups is 2. The number of hydrogen-bond acceptors (Lipinski definition) is 4. The summed E-state index contributed by atoms with van der Waals surface area (Å²) in [5, 5.41) is 10.8. The van der Waals surface area contributed by atoms with Crippen molar-refractivity contribution in [3.8, 4) is 11.1 Å². The Morgan fingerprint density at radius 2 is 2.04 bits per heavy atom. The van der Waals surface area contributed by atoms with Crippen LogP contribution in [-0.2, 0) is 4.79 Å². The highest BCUT2D eigenvalue weighted by molar-refractivity contribution is 6.09. The number of hydrogen-bond donors (Lipinski definition) is 2. The minimum atomic E-state index is -0.00351. The lowest BCUT2D eigenvalue weighted by molar-refractivity contribution is -0.117. The average Bonchev–Trinajstić information content (AvgIpc) is 3.26. The number of carbonyl (C=O) groups excluding carboxylic acids is 2. The molecule has 0 atom stereocenters. The van der Waals surface area contributed by atoms with Crippen LogP contribution in [0.4, 0.5) is 5.82 Å². The molecule has 7 nitrogen and oxygen atoms in total. The molecule has 5 rings (SSSR count). The van der Waals surface area contributed by atoms with Crippen LogP contribution in [-0.4, -0.2) is 31.3 Å². The van der Waals surface area contributed by atoms with E-state index in [2.05, 4.69) is 20.5 Å². The number of amides is 1. The van der Waals surface area contributed by atoms with Crippen LogP contribution in [0.25, 0.3) is 27.7 Å². The number of Topliss-reactive ketones (excluding diaryl/α,β-unsaturated/α-hetero) is 1. The Morgan fingerprint density at radius 1 is 1.19 bits per heavy atom. The Balaban J connectivity index is 1.62. The Bertz CT molecular complexity index is 1220. The number of imidazole rings is 1. The van der Waals surface area contributed by atoms with Crippen molar-refractivity contribution in [2.45, 2.75) is 19.8 Å². The van der Waals surface area contributed by atoms with Crippen molar-refractivity contribution in [3.05, 3.63) is 48.4 Å². The molecule has 1 aliphatic carbocycles. The van der Waals surface area contributed by atoms with Gasteiger partial charge < -0.3 is 9.72 Å². The van der Waals surface area contributed by atoms with Crippen molar-refractivity contribution in [2.75, 3.05) is 5.32 Å². The van der Waals surface area contributed by atoms with Gasteiger partial charge in [0.05, 0.1) is 17.9 Å².